The lowest BCUT2D eigenvalue weighted by molar-refractivity contribution is 0.0944. The fraction of sp³-hybridized carbons (Fsp3) is 0.583. The zero-order valence-electron chi connectivity index (χ0n) is 10.5. The standard InChI is InChI=1S/C12H21N3O2/c1-15-9-10(13)8-11(15)12(16)14-6-4-3-5-7-17-2/h8-9H,3-7,13H2,1-2H3,(H,14,16). The number of nitrogens with one attached hydrogen (secondary N) is 1. The number of aromatic nitrogens is 1. The van der Waals surface area contributed by atoms with Gasteiger partial charge in [-0.1, -0.05) is 0 Å². The molecule has 5 heteroatoms. The van der Waals surface area contributed by atoms with Gasteiger partial charge in [0.2, 0.25) is 0 Å². The molecule has 1 rings (SSSR count). The van der Waals surface area contributed by atoms with Gasteiger partial charge in [0.05, 0.1) is 5.69 Å². The lowest BCUT2D eigenvalue weighted by Crippen LogP contribution is -2.26. The summed E-state index contributed by atoms with van der Waals surface area (Å²) < 4.78 is 6.68. The summed E-state index contributed by atoms with van der Waals surface area (Å²) in [6, 6.07) is 1.68. The molecule has 0 spiro atoms. The molecule has 0 fully saturated rings. The number of carbonyl (C=O) groups is 1. The van der Waals surface area contributed by atoms with Crippen molar-refractivity contribution in [2.75, 3.05) is 26.0 Å². The van der Waals surface area contributed by atoms with E-state index in [-0.39, 0.29) is 5.91 Å². The van der Waals surface area contributed by atoms with E-state index in [0.29, 0.717) is 17.9 Å². The maximum atomic E-state index is 11.8. The van der Waals surface area contributed by atoms with Crippen molar-refractivity contribution in [1.29, 1.82) is 0 Å². The molecule has 0 aliphatic rings. The van der Waals surface area contributed by atoms with Gasteiger partial charge >= 0.3 is 0 Å². The summed E-state index contributed by atoms with van der Waals surface area (Å²) in [6.07, 6.45) is 4.79. The first-order chi connectivity index (χ1) is 8.15. The minimum atomic E-state index is -0.0732. The van der Waals surface area contributed by atoms with Crippen molar-refractivity contribution in [3.05, 3.63) is 18.0 Å². The van der Waals surface area contributed by atoms with Crippen LogP contribution in [0.1, 0.15) is 29.8 Å². The van der Waals surface area contributed by atoms with E-state index in [1.54, 1.807) is 23.9 Å². The Morgan fingerprint density at radius 2 is 2.24 bits per heavy atom. The highest BCUT2D eigenvalue weighted by atomic mass is 16.5. The highest BCUT2D eigenvalue weighted by molar-refractivity contribution is 5.93. The van der Waals surface area contributed by atoms with Crippen LogP contribution in [0.15, 0.2) is 12.3 Å². The first kappa shape index (κ1) is 13.6. The van der Waals surface area contributed by atoms with Crippen LogP contribution in [-0.4, -0.2) is 30.7 Å². The van der Waals surface area contributed by atoms with Crippen LogP contribution >= 0.6 is 0 Å². The lowest BCUT2D eigenvalue weighted by atomic mass is 10.2. The third-order valence-corrected chi connectivity index (χ3v) is 2.57. The summed E-state index contributed by atoms with van der Waals surface area (Å²) in [5.41, 5.74) is 6.82. The fourth-order valence-corrected chi connectivity index (χ4v) is 1.66. The molecule has 3 N–H and O–H groups in total. The van der Waals surface area contributed by atoms with E-state index in [1.807, 2.05) is 7.05 Å². The number of carbonyl (C=O) groups excluding carboxylic acids is 1. The predicted octanol–water partition coefficient (Wildman–Crippen LogP) is 1.15. The van der Waals surface area contributed by atoms with Crippen LogP contribution in [0.5, 0.6) is 0 Å². The number of nitrogen functional groups attached to an aromatic ring is 1. The van der Waals surface area contributed by atoms with Crippen molar-refractivity contribution in [3.8, 4) is 0 Å². The Bertz CT molecular complexity index is 361. The molecule has 5 nitrogen and oxygen atoms in total. The van der Waals surface area contributed by atoms with Crippen molar-refractivity contribution < 1.29 is 9.53 Å². The molecule has 1 heterocycles. The highest BCUT2D eigenvalue weighted by Crippen LogP contribution is 2.08. The van der Waals surface area contributed by atoms with E-state index in [1.165, 1.54) is 0 Å². The molecule has 96 valence electrons. The average molecular weight is 239 g/mol. The van der Waals surface area contributed by atoms with Crippen molar-refractivity contribution in [1.82, 2.24) is 9.88 Å². The number of ether oxygens (including phenoxy) is 1. The van der Waals surface area contributed by atoms with Crippen molar-refractivity contribution >= 4 is 11.6 Å². The van der Waals surface area contributed by atoms with Crippen molar-refractivity contribution in [2.45, 2.75) is 19.3 Å². The van der Waals surface area contributed by atoms with Crippen LogP contribution in [0.4, 0.5) is 5.69 Å². The van der Waals surface area contributed by atoms with Gasteiger partial charge < -0.3 is 20.4 Å². The smallest absolute Gasteiger partial charge is 0.267 e. The fourth-order valence-electron chi connectivity index (χ4n) is 1.66. The van der Waals surface area contributed by atoms with E-state index < -0.39 is 0 Å². The Labute approximate surface area is 102 Å². The molecule has 0 aromatic carbocycles. The van der Waals surface area contributed by atoms with Gasteiger partial charge in [0, 0.05) is 33.5 Å². The summed E-state index contributed by atoms with van der Waals surface area (Å²) in [6.45, 7) is 1.47. The number of amides is 1. The van der Waals surface area contributed by atoms with E-state index >= 15 is 0 Å². The third kappa shape index (κ3) is 4.48. The van der Waals surface area contributed by atoms with Crippen LogP contribution in [0.25, 0.3) is 0 Å². The molecule has 0 atom stereocenters. The summed E-state index contributed by atoms with van der Waals surface area (Å²) in [7, 11) is 3.51. The Morgan fingerprint density at radius 1 is 1.47 bits per heavy atom. The number of nitrogens with zero attached hydrogens (tertiary/aromatic N) is 1. The molecule has 0 saturated heterocycles. The molecular weight excluding hydrogens is 218 g/mol. The van der Waals surface area contributed by atoms with Gasteiger partial charge in [-0.3, -0.25) is 4.79 Å². The van der Waals surface area contributed by atoms with Gasteiger partial charge in [-0.25, -0.2) is 0 Å². The molecular formula is C12H21N3O2. The van der Waals surface area contributed by atoms with Crippen molar-refractivity contribution in [2.24, 2.45) is 7.05 Å². The predicted molar refractivity (Wildman–Crippen MR) is 67.9 cm³/mol. The van der Waals surface area contributed by atoms with Crippen LogP contribution in [0.3, 0.4) is 0 Å². The molecule has 0 unspecified atom stereocenters. The molecule has 0 radical (unpaired) electrons. The second kappa shape index (κ2) is 6.96. The van der Waals surface area contributed by atoms with Crippen LogP contribution < -0.4 is 11.1 Å². The Morgan fingerprint density at radius 3 is 2.82 bits per heavy atom. The summed E-state index contributed by atoms with van der Waals surface area (Å²) in [5.74, 6) is -0.0732. The first-order valence-corrected chi connectivity index (χ1v) is 5.84. The second-order valence-corrected chi connectivity index (χ2v) is 4.08. The largest absolute Gasteiger partial charge is 0.397 e. The zero-order chi connectivity index (χ0) is 12.7. The Balaban J connectivity index is 2.23. The molecule has 1 amide bonds. The van der Waals surface area contributed by atoms with E-state index in [4.69, 9.17) is 10.5 Å². The maximum Gasteiger partial charge on any atom is 0.267 e. The third-order valence-electron chi connectivity index (χ3n) is 2.57. The van der Waals surface area contributed by atoms with Gasteiger partial charge in [0.15, 0.2) is 0 Å². The summed E-state index contributed by atoms with van der Waals surface area (Å²) >= 11 is 0. The average Bonchev–Trinajstić information content (AvgIpc) is 2.62. The number of aryl methyl sites for hydroxylation is 1. The van der Waals surface area contributed by atoms with Gasteiger partial charge in [-0.2, -0.15) is 0 Å². The Hall–Kier alpha value is -1.49. The van der Waals surface area contributed by atoms with Crippen LogP contribution in [0.2, 0.25) is 0 Å². The minimum absolute atomic E-state index is 0.0732. The van der Waals surface area contributed by atoms with Gasteiger partial charge in [-0.15, -0.1) is 0 Å². The highest BCUT2D eigenvalue weighted by Gasteiger charge is 2.09. The maximum absolute atomic E-state index is 11.8. The van der Waals surface area contributed by atoms with E-state index in [0.717, 1.165) is 25.9 Å². The van der Waals surface area contributed by atoms with Crippen LogP contribution in [-0.2, 0) is 11.8 Å². The molecule has 0 aliphatic carbocycles. The van der Waals surface area contributed by atoms with Gasteiger partial charge in [0.1, 0.15) is 5.69 Å². The van der Waals surface area contributed by atoms with Crippen LogP contribution in [0, 0.1) is 0 Å². The van der Waals surface area contributed by atoms with Gasteiger partial charge in [0.25, 0.3) is 5.91 Å². The quantitative estimate of drug-likeness (QED) is 0.701. The topological polar surface area (TPSA) is 69.3 Å². The zero-order valence-corrected chi connectivity index (χ0v) is 10.5. The monoisotopic (exact) mass is 239 g/mol. The van der Waals surface area contributed by atoms with Gasteiger partial charge in [-0.05, 0) is 25.3 Å². The lowest BCUT2D eigenvalue weighted by Gasteiger charge is -2.05. The van der Waals surface area contributed by atoms with E-state index in [9.17, 15) is 4.79 Å². The molecule has 0 saturated carbocycles. The minimum Gasteiger partial charge on any atom is -0.397 e. The summed E-state index contributed by atoms with van der Waals surface area (Å²) in [5, 5.41) is 2.87. The number of hydrogen-bond donors (Lipinski definition) is 2. The number of nitrogens with two attached hydrogens (primary N) is 1. The molecule has 1 aromatic rings. The first-order valence-electron chi connectivity index (χ1n) is 5.84. The number of rotatable bonds is 7. The Kier molecular flexibility index (Phi) is 5.56. The number of anilines is 1. The summed E-state index contributed by atoms with van der Waals surface area (Å²) in [4.78, 5) is 11.8. The molecule has 0 aliphatic heterocycles. The van der Waals surface area contributed by atoms with Crippen molar-refractivity contribution in [3.63, 3.8) is 0 Å². The number of methoxy groups -OCH3 is 1. The van der Waals surface area contributed by atoms with E-state index in [2.05, 4.69) is 5.32 Å². The second-order valence-electron chi connectivity index (χ2n) is 4.08. The number of hydrogen-bond acceptors (Lipinski definition) is 3. The number of unbranched alkanes of at least 4 members (excludes halogenated alkanes) is 2. The SMILES string of the molecule is COCCCCCNC(=O)c1cc(N)cn1C. The molecule has 17 heavy (non-hydrogen) atoms. The molecule has 0 bridgehead atoms. The normalized spacial score (nSPS) is 10.5. The molecule has 1 aromatic heterocycles.